The van der Waals surface area contributed by atoms with Gasteiger partial charge in [-0.3, -0.25) is 4.79 Å². The lowest BCUT2D eigenvalue weighted by Gasteiger charge is -2.11. The second kappa shape index (κ2) is 6.71. The van der Waals surface area contributed by atoms with Crippen LogP contribution in [0.3, 0.4) is 0 Å². The van der Waals surface area contributed by atoms with Gasteiger partial charge in [0, 0.05) is 12.5 Å². The topological polar surface area (TPSA) is 68.0 Å². The number of nitrogens with one attached hydrogen (secondary N) is 1. The highest BCUT2D eigenvalue weighted by Gasteiger charge is 2.10. The van der Waals surface area contributed by atoms with Crippen molar-refractivity contribution in [1.29, 1.82) is 0 Å². The SMILES string of the molecule is CCCC(N)CC(=O)Nc1ccc(Br)nc1C. The molecule has 1 amide bonds. The maximum absolute atomic E-state index is 11.7. The van der Waals surface area contributed by atoms with Crippen LogP contribution in [0.25, 0.3) is 0 Å². The number of pyridine rings is 1. The fourth-order valence-corrected chi connectivity index (χ4v) is 1.97. The Morgan fingerprint density at radius 3 is 2.88 bits per heavy atom. The van der Waals surface area contributed by atoms with Crippen molar-refractivity contribution in [1.82, 2.24) is 4.98 Å². The van der Waals surface area contributed by atoms with Gasteiger partial charge in [-0.25, -0.2) is 4.98 Å². The van der Waals surface area contributed by atoms with E-state index in [1.807, 2.05) is 13.0 Å². The molecule has 0 aromatic carbocycles. The number of halogens is 1. The van der Waals surface area contributed by atoms with Crippen molar-refractivity contribution in [3.8, 4) is 0 Å². The summed E-state index contributed by atoms with van der Waals surface area (Å²) in [5, 5.41) is 2.82. The highest BCUT2D eigenvalue weighted by molar-refractivity contribution is 9.10. The molecule has 1 unspecified atom stereocenters. The van der Waals surface area contributed by atoms with Crippen molar-refractivity contribution in [3.63, 3.8) is 0 Å². The molecule has 1 aromatic rings. The summed E-state index contributed by atoms with van der Waals surface area (Å²) in [5.41, 5.74) is 7.34. The number of aromatic nitrogens is 1. The number of hydrogen-bond acceptors (Lipinski definition) is 3. The van der Waals surface area contributed by atoms with Gasteiger partial charge >= 0.3 is 0 Å². The van der Waals surface area contributed by atoms with E-state index >= 15 is 0 Å². The average Bonchev–Trinajstić information content (AvgIpc) is 2.22. The lowest BCUT2D eigenvalue weighted by molar-refractivity contribution is -0.116. The summed E-state index contributed by atoms with van der Waals surface area (Å²) in [6, 6.07) is 3.56. The highest BCUT2D eigenvalue weighted by Crippen LogP contribution is 2.16. The van der Waals surface area contributed by atoms with Gasteiger partial charge < -0.3 is 11.1 Å². The maximum Gasteiger partial charge on any atom is 0.225 e. The van der Waals surface area contributed by atoms with Gasteiger partial charge in [-0.05, 0) is 41.4 Å². The summed E-state index contributed by atoms with van der Waals surface area (Å²) in [5.74, 6) is -0.0572. The van der Waals surface area contributed by atoms with E-state index in [0.717, 1.165) is 28.8 Å². The third kappa shape index (κ3) is 4.83. The fourth-order valence-electron chi connectivity index (χ4n) is 1.57. The van der Waals surface area contributed by atoms with Crippen molar-refractivity contribution >= 4 is 27.5 Å². The van der Waals surface area contributed by atoms with Crippen LogP contribution < -0.4 is 11.1 Å². The molecule has 0 aliphatic heterocycles. The zero-order valence-electron chi connectivity index (χ0n) is 10.2. The van der Waals surface area contributed by atoms with E-state index in [1.165, 1.54) is 0 Å². The monoisotopic (exact) mass is 299 g/mol. The van der Waals surface area contributed by atoms with Crippen molar-refractivity contribution in [3.05, 3.63) is 22.4 Å². The lowest BCUT2D eigenvalue weighted by atomic mass is 10.1. The first-order chi connectivity index (χ1) is 8.02. The predicted molar refractivity (Wildman–Crippen MR) is 72.8 cm³/mol. The summed E-state index contributed by atoms with van der Waals surface area (Å²) >= 11 is 3.28. The Balaban J connectivity index is 2.56. The quantitative estimate of drug-likeness (QED) is 0.821. The van der Waals surface area contributed by atoms with E-state index in [2.05, 4.69) is 33.2 Å². The smallest absolute Gasteiger partial charge is 0.225 e. The minimum atomic E-state index is -0.0660. The molecular weight excluding hydrogens is 282 g/mol. The van der Waals surface area contributed by atoms with Crippen LogP contribution in [-0.2, 0) is 4.79 Å². The van der Waals surface area contributed by atoms with Crippen LogP contribution in [0.15, 0.2) is 16.7 Å². The summed E-state index contributed by atoms with van der Waals surface area (Å²) < 4.78 is 0.760. The molecule has 0 spiro atoms. The van der Waals surface area contributed by atoms with E-state index in [4.69, 9.17) is 5.73 Å². The Bertz CT molecular complexity index is 395. The Labute approximate surface area is 110 Å². The molecule has 0 aliphatic rings. The summed E-state index contributed by atoms with van der Waals surface area (Å²) in [4.78, 5) is 15.9. The molecular formula is C12H18BrN3O. The first-order valence-corrected chi connectivity index (χ1v) is 6.50. The Kier molecular flexibility index (Phi) is 5.58. The molecule has 0 fully saturated rings. The minimum Gasteiger partial charge on any atom is -0.327 e. The van der Waals surface area contributed by atoms with Crippen molar-refractivity contribution < 1.29 is 4.79 Å². The van der Waals surface area contributed by atoms with Crippen LogP contribution in [0.2, 0.25) is 0 Å². The zero-order chi connectivity index (χ0) is 12.8. The normalized spacial score (nSPS) is 12.2. The second-order valence-corrected chi connectivity index (χ2v) is 4.88. The molecule has 0 aliphatic carbocycles. The largest absolute Gasteiger partial charge is 0.327 e. The van der Waals surface area contributed by atoms with E-state index < -0.39 is 0 Å². The van der Waals surface area contributed by atoms with Crippen molar-refractivity contribution in [2.75, 3.05) is 5.32 Å². The molecule has 1 atom stereocenters. The molecule has 0 radical (unpaired) electrons. The van der Waals surface area contributed by atoms with Crippen LogP contribution >= 0.6 is 15.9 Å². The molecule has 0 saturated carbocycles. The number of carbonyl (C=O) groups is 1. The minimum absolute atomic E-state index is 0.0572. The first kappa shape index (κ1) is 14.1. The summed E-state index contributed by atoms with van der Waals surface area (Å²) in [7, 11) is 0. The third-order valence-electron chi connectivity index (χ3n) is 2.43. The number of amides is 1. The van der Waals surface area contributed by atoms with E-state index in [1.54, 1.807) is 6.07 Å². The van der Waals surface area contributed by atoms with Gasteiger partial charge in [0.25, 0.3) is 0 Å². The molecule has 1 rings (SSSR count). The van der Waals surface area contributed by atoms with Gasteiger partial charge in [-0.2, -0.15) is 0 Å². The van der Waals surface area contributed by atoms with E-state index in [-0.39, 0.29) is 11.9 Å². The number of nitrogens with two attached hydrogens (primary N) is 1. The van der Waals surface area contributed by atoms with Gasteiger partial charge in [-0.15, -0.1) is 0 Å². The predicted octanol–water partition coefficient (Wildman–Crippen LogP) is 2.61. The third-order valence-corrected chi connectivity index (χ3v) is 2.87. The Hall–Kier alpha value is -0.940. The van der Waals surface area contributed by atoms with Crippen molar-refractivity contribution in [2.24, 2.45) is 5.73 Å². The molecule has 94 valence electrons. The molecule has 5 heteroatoms. The van der Waals surface area contributed by atoms with Gasteiger partial charge in [0.2, 0.25) is 5.91 Å². The van der Waals surface area contributed by atoms with Gasteiger partial charge in [0.1, 0.15) is 4.60 Å². The molecule has 0 saturated heterocycles. The van der Waals surface area contributed by atoms with Crippen LogP contribution in [0, 0.1) is 6.92 Å². The van der Waals surface area contributed by atoms with E-state index in [9.17, 15) is 4.79 Å². The molecule has 17 heavy (non-hydrogen) atoms. The summed E-state index contributed by atoms with van der Waals surface area (Å²) in [6.07, 6.45) is 2.21. The number of hydrogen-bond donors (Lipinski definition) is 2. The molecule has 0 bridgehead atoms. The molecule has 1 heterocycles. The van der Waals surface area contributed by atoms with Gasteiger partial charge in [0.05, 0.1) is 11.4 Å². The number of rotatable bonds is 5. The number of nitrogens with zero attached hydrogens (tertiary/aromatic N) is 1. The lowest BCUT2D eigenvalue weighted by Crippen LogP contribution is -2.27. The number of anilines is 1. The number of aryl methyl sites for hydroxylation is 1. The van der Waals surface area contributed by atoms with E-state index in [0.29, 0.717) is 6.42 Å². The highest BCUT2D eigenvalue weighted by atomic mass is 79.9. The first-order valence-electron chi connectivity index (χ1n) is 5.71. The van der Waals surface area contributed by atoms with Crippen LogP contribution in [0.4, 0.5) is 5.69 Å². The maximum atomic E-state index is 11.7. The Morgan fingerprint density at radius 2 is 2.29 bits per heavy atom. The van der Waals surface area contributed by atoms with Crippen molar-refractivity contribution in [2.45, 2.75) is 39.2 Å². The van der Waals surface area contributed by atoms with Gasteiger partial charge in [0.15, 0.2) is 0 Å². The zero-order valence-corrected chi connectivity index (χ0v) is 11.8. The number of carbonyl (C=O) groups excluding carboxylic acids is 1. The standard InChI is InChI=1S/C12H18BrN3O/c1-3-4-9(14)7-12(17)16-10-5-6-11(13)15-8(10)2/h5-6,9H,3-4,7,14H2,1-2H3,(H,16,17). The van der Waals surface area contributed by atoms with Crippen LogP contribution in [0.5, 0.6) is 0 Å². The fraction of sp³-hybridized carbons (Fsp3) is 0.500. The molecule has 1 aromatic heterocycles. The molecule has 4 nitrogen and oxygen atoms in total. The second-order valence-electron chi connectivity index (χ2n) is 4.07. The Morgan fingerprint density at radius 1 is 1.59 bits per heavy atom. The van der Waals surface area contributed by atoms with Crippen LogP contribution in [0.1, 0.15) is 31.9 Å². The average molecular weight is 300 g/mol. The van der Waals surface area contributed by atoms with Crippen LogP contribution in [-0.4, -0.2) is 16.9 Å². The molecule has 3 N–H and O–H groups in total. The summed E-state index contributed by atoms with van der Waals surface area (Å²) in [6.45, 7) is 3.91. The van der Waals surface area contributed by atoms with Gasteiger partial charge in [-0.1, -0.05) is 13.3 Å².